The Kier molecular flexibility index (Phi) is 6.87. The lowest BCUT2D eigenvalue weighted by Crippen LogP contribution is -2.22. The Hall–Kier alpha value is -0.880. The second-order valence-electron chi connectivity index (χ2n) is 6.20. The van der Waals surface area contributed by atoms with Crippen LogP contribution < -0.4 is 5.32 Å². The molecule has 6 heteroatoms. The van der Waals surface area contributed by atoms with Crippen LogP contribution in [0, 0.1) is 19.8 Å². The molecule has 21 heavy (non-hydrogen) atoms. The van der Waals surface area contributed by atoms with E-state index in [9.17, 15) is 8.42 Å². The minimum Gasteiger partial charge on any atom is -0.316 e. The predicted molar refractivity (Wildman–Crippen MR) is 87.4 cm³/mol. The fraction of sp³-hybridized carbons (Fsp3) is 0.800. The van der Waals surface area contributed by atoms with Crippen LogP contribution in [0.25, 0.3) is 0 Å². The van der Waals surface area contributed by atoms with Crippen LogP contribution in [0.15, 0.2) is 0 Å². The molecule has 5 nitrogen and oxygen atoms in total. The average molecular weight is 315 g/mol. The van der Waals surface area contributed by atoms with Crippen LogP contribution in [0.3, 0.4) is 0 Å². The topological polar surface area (TPSA) is 64.0 Å². The van der Waals surface area contributed by atoms with Crippen molar-refractivity contribution in [3.05, 3.63) is 17.0 Å². The summed E-state index contributed by atoms with van der Waals surface area (Å²) in [5.41, 5.74) is 3.50. The van der Waals surface area contributed by atoms with E-state index in [4.69, 9.17) is 0 Å². The van der Waals surface area contributed by atoms with Gasteiger partial charge in [-0.05, 0) is 51.3 Å². The summed E-state index contributed by atoms with van der Waals surface area (Å²) < 4.78 is 24.3. The first-order valence-electron chi connectivity index (χ1n) is 7.62. The molecule has 0 aliphatic carbocycles. The number of nitrogens with zero attached hydrogens (tertiary/aromatic N) is 2. The van der Waals surface area contributed by atoms with Crippen molar-refractivity contribution >= 4 is 9.84 Å². The number of aromatic nitrogens is 2. The maximum Gasteiger partial charge on any atom is 0.147 e. The number of hydrogen-bond acceptors (Lipinski definition) is 4. The van der Waals surface area contributed by atoms with Crippen molar-refractivity contribution in [1.29, 1.82) is 0 Å². The Labute approximate surface area is 129 Å². The minimum absolute atomic E-state index is 0.219. The summed E-state index contributed by atoms with van der Waals surface area (Å²) in [6.07, 6.45) is 2.86. The van der Waals surface area contributed by atoms with Gasteiger partial charge in [0.25, 0.3) is 0 Å². The van der Waals surface area contributed by atoms with Crippen LogP contribution in [-0.4, -0.2) is 43.3 Å². The zero-order chi connectivity index (χ0) is 16.0. The Morgan fingerprint density at radius 2 is 1.95 bits per heavy atom. The van der Waals surface area contributed by atoms with E-state index < -0.39 is 9.84 Å². The summed E-state index contributed by atoms with van der Waals surface area (Å²) in [4.78, 5) is 0. The summed E-state index contributed by atoms with van der Waals surface area (Å²) >= 11 is 0. The second-order valence-corrected chi connectivity index (χ2v) is 8.46. The first-order valence-corrected chi connectivity index (χ1v) is 9.68. The maximum atomic E-state index is 11.2. The van der Waals surface area contributed by atoms with Gasteiger partial charge >= 0.3 is 0 Å². The van der Waals surface area contributed by atoms with Crippen molar-refractivity contribution < 1.29 is 8.42 Å². The molecule has 1 aromatic rings. The number of rotatable bonds is 9. The molecule has 0 amide bonds. The quantitative estimate of drug-likeness (QED) is 0.705. The molecule has 1 heterocycles. The highest BCUT2D eigenvalue weighted by Crippen LogP contribution is 2.14. The van der Waals surface area contributed by atoms with Crippen LogP contribution >= 0.6 is 0 Å². The number of aryl methyl sites for hydroxylation is 2. The maximum absolute atomic E-state index is 11.2. The van der Waals surface area contributed by atoms with Gasteiger partial charge in [-0.15, -0.1) is 0 Å². The lowest BCUT2D eigenvalue weighted by molar-refractivity contribution is 0.552. The molecular formula is C15H29N3O2S. The molecule has 0 fully saturated rings. The summed E-state index contributed by atoms with van der Waals surface area (Å²) in [5, 5.41) is 7.98. The van der Waals surface area contributed by atoms with Gasteiger partial charge in [0.2, 0.25) is 0 Å². The van der Waals surface area contributed by atoms with Gasteiger partial charge in [0.1, 0.15) is 9.84 Å². The molecule has 0 atom stereocenters. The number of sulfone groups is 1. The van der Waals surface area contributed by atoms with Crippen molar-refractivity contribution in [2.24, 2.45) is 5.92 Å². The van der Waals surface area contributed by atoms with Crippen LogP contribution in [-0.2, 0) is 22.8 Å². The molecule has 0 aliphatic rings. The van der Waals surface area contributed by atoms with Crippen LogP contribution in [0.4, 0.5) is 0 Å². The van der Waals surface area contributed by atoms with Crippen LogP contribution in [0.2, 0.25) is 0 Å². The molecule has 0 aliphatic heterocycles. The molecule has 0 spiro atoms. The molecule has 0 saturated heterocycles. The summed E-state index contributed by atoms with van der Waals surface area (Å²) in [5.74, 6) is 0.877. The van der Waals surface area contributed by atoms with E-state index in [2.05, 4.69) is 31.2 Å². The lowest BCUT2D eigenvalue weighted by Gasteiger charge is -2.08. The highest BCUT2D eigenvalue weighted by atomic mass is 32.2. The van der Waals surface area contributed by atoms with Gasteiger partial charge in [0.15, 0.2) is 0 Å². The number of nitrogens with one attached hydrogen (secondary N) is 1. The van der Waals surface area contributed by atoms with Crippen molar-refractivity contribution in [1.82, 2.24) is 15.1 Å². The van der Waals surface area contributed by atoms with Crippen molar-refractivity contribution in [2.75, 3.05) is 25.1 Å². The second kappa shape index (κ2) is 7.94. The Morgan fingerprint density at radius 3 is 2.52 bits per heavy atom. The zero-order valence-electron chi connectivity index (χ0n) is 13.9. The monoisotopic (exact) mass is 315 g/mol. The van der Waals surface area contributed by atoms with Gasteiger partial charge < -0.3 is 5.32 Å². The molecule has 0 saturated carbocycles. The molecule has 0 aromatic carbocycles. The van der Waals surface area contributed by atoms with Crippen molar-refractivity contribution in [3.63, 3.8) is 0 Å². The van der Waals surface area contributed by atoms with Gasteiger partial charge in [-0.3, -0.25) is 4.68 Å². The Morgan fingerprint density at radius 1 is 1.29 bits per heavy atom. The molecule has 1 aromatic heterocycles. The Balaban J connectivity index is 2.55. The smallest absolute Gasteiger partial charge is 0.147 e. The highest BCUT2D eigenvalue weighted by molar-refractivity contribution is 7.90. The minimum atomic E-state index is -2.89. The third-order valence-electron chi connectivity index (χ3n) is 3.52. The zero-order valence-corrected chi connectivity index (χ0v) is 14.8. The van der Waals surface area contributed by atoms with E-state index >= 15 is 0 Å². The SMILES string of the molecule is Cc1nn(CCCS(C)(=O)=O)c(C)c1CCNCC(C)C. The molecule has 1 rings (SSSR count). The largest absolute Gasteiger partial charge is 0.316 e. The third kappa shape index (κ3) is 6.61. The van der Waals surface area contributed by atoms with Crippen molar-refractivity contribution in [3.8, 4) is 0 Å². The van der Waals surface area contributed by atoms with Gasteiger partial charge in [-0.1, -0.05) is 13.8 Å². The predicted octanol–water partition coefficient (Wildman–Crippen LogP) is 1.72. The first-order chi connectivity index (χ1) is 9.70. The van der Waals surface area contributed by atoms with E-state index in [1.807, 2.05) is 11.6 Å². The summed E-state index contributed by atoms with van der Waals surface area (Å²) in [6, 6.07) is 0. The third-order valence-corrected chi connectivity index (χ3v) is 4.55. The summed E-state index contributed by atoms with van der Waals surface area (Å²) in [7, 11) is -2.89. The van der Waals surface area contributed by atoms with Crippen LogP contribution in [0.5, 0.6) is 0 Å². The molecule has 122 valence electrons. The number of hydrogen-bond donors (Lipinski definition) is 1. The van der Waals surface area contributed by atoms with Crippen molar-refractivity contribution in [2.45, 2.75) is 47.1 Å². The van der Waals surface area contributed by atoms with Gasteiger partial charge in [-0.25, -0.2) is 8.42 Å². The van der Waals surface area contributed by atoms with Gasteiger partial charge in [0, 0.05) is 18.5 Å². The molecule has 0 bridgehead atoms. The van der Waals surface area contributed by atoms with Gasteiger partial charge in [-0.2, -0.15) is 5.10 Å². The van der Waals surface area contributed by atoms with E-state index in [-0.39, 0.29) is 5.75 Å². The van der Waals surface area contributed by atoms with E-state index in [0.717, 1.165) is 30.9 Å². The Bertz CT molecular complexity index is 548. The molecular weight excluding hydrogens is 286 g/mol. The average Bonchev–Trinajstić information content (AvgIpc) is 2.59. The van der Waals surface area contributed by atoms with E-state index in [1.165, 1.54) is 11.8 Å². The fourth-order valence-electron chi connectivity index (χ4n) is 2.39. The van der Waals surface area contributed by atoms with E-state index in [0.29, 0.717) is 18.9 Å². The molecule has 1 N–H and O–H groups in total. The molecule has 0 unspecified atom stereocenters. The van der Waals surface area contributed by atoms with E-state index in [1.54, 1.807) is 0 Å². The fourth-order valence-corrected chi connectivity index (χ4v) is 3.05. The van der Waals surface area contributed by atoms with Crippen LogP contribution in [0.1, 0.15) is 37.2 Å². The van der Waals surface area contributed by atoms with Gasteiger partial charge in [0.05, 0.1) is 11.4 Å². The first kappa shape index (κ1) is 18.2. The summed E-state index contributed by atoms with van der Waals surface area (Å²) in [6.45, 7) is 11.1. The normalized spacial score (nSPS) is 12.3. The molecule has 0 radical (unpaired) electrons. The highest BCUT2D eigenvalue weighted by Gasteiger charge is 2.11. The lowest BCUT2D eigenvalue weighted by atomic mass is 10.1. The standard InChI is InChI=1S/C15H29N3O2S/c1-12(2)11-16-8-7-15-13(3)17-18(14(15)4)9-6-10-21(5,19)20/h12,16H,6-11H2,1-5H3.